The lowest BCUT2D eigenvalue weighted by Crippen LogP contribution is -2.30. The SMILES string of the molecule is CCCC(C)CC(=O)NCC(C)CC(C)O. The van der Waals surface area contributed by atoms with Crippen molar-refractivity contribution >= 4 is 5.91 Å². The van der Waals surface area contributed by atoms with Gasteiger partial charge in [-0.05, 0) is 25.2 Å². The van der Waals surface area contributed by atoms with Crippen molar-refractivity contribution < 1.29 is 9.90 Å². The van der Waals surface area contributed by atoms with Gasteiger partial charge in [0.2, 0.25) is 5.91 Å². The molecule has 0 saturated carbocycles. The van der Waals surface area contributed by atoms with Crippen LogP contribution in [-0.4, -0.2) is 23.7 Å². The summed E-state index contributed by atoms with van der Waals surface area (Å²) < 4.78 is 0. The molecule has 0 heterocycles. The largest absolute Gasteiger partial charge is 0.393 e. The van der Waals surface area contributed by atoms with Gasteiger partial charge in [-0.2, -0.15) is 0 Å². The zero-order valence-electron chi connectivity index (χ0n) is 11.1. The lowest BCUT2D eigenvalue weighted by molar-refractivity contribution is -0.122. The fraction of sp³-hybridized carbons (Fsp3) is 0.923. The fourth-order valence-corrected chi connectivity index (χ4v) is 1.94. The average Bonchev–Trinajstić information content (AvgIpc) is 2.14. The summed E-state index contributed by atoms with van der Waals surface area (Å²) >= 11 is 0. The molecule has 0 aliphatic rings. The van der Waals surface area contributed by atoms with Crippen LogP contribution in [-0.2, 0) is 4.79 Å². The molecular formula is C13H27NO2. The second-order valence-electron chi connectivity index (χ2n) is 5.09. The minimum Gasteiger partial charge on any atom is -0.393 e. The third kappa shape index (κ3) is 8.72. The number of rotatable bonds is 8. The van der Waals surface area contributed by atoms with Crippen LogP contribution in [0.1, 0.15) is 53.4 Å². The van der Waals surface area contributed by atoms with Crippen LogP contribution < -0.4 is 5.32 Å². The first-order valence-corrected chi connectivity index (χ1v) is 6.40. The molecule has 3 unspecified atom stereocenters. The van der Waals surface area contributed by atoms with E-state index >= 15 is 0 Å². The maximum Gasteiger partial charge on any atom is 0.220 e. The molecule has 96 valence electrons. The van der Waals surface area contributed by atoms with Crippen LogP contribution >= 0.6 is 0 Å². The van der Waals surface area contributed by atoms with Crippen molar-refractivity contribution in [1.82, 2.24) is 5.32 Å². The second kappa shape index (κ2) is 8.57. The van der Waals surface area contributed by atoms with Crippen LogP contribution in [0.2, 0.25) is 0 Å². The predicted molar refractivity (Wildman–Crippen MR) is 67.2 cm³/mol. The van der Waals surface area contributed by atoms with Gasteiger partial charge in [-0.1, -0.05) is 33.6 Å². The van der Waals surface area contributed by atoms with E-state index in [1.54, 1.807) is 6.92 Å². The molecule has 0 aliphatic carbocycles. The molecule has 0 radical (unpaired) electrons. The van der Waals surface area contributed by atoms with E-state index in [1.807, 2.05) is 6.92 Å². The maximum atomic E-state index is 11.5. The van der Waals surface area contributed by atoms with Crippen molar-refractivity contribution in [3.05, 3.63) is 0 Å². The van der Waals surface area contributed by atoms with E-state index in [0.717, 1.165) is 19.3 Å². The van der Waals surface area contributed by atoms with Crippen molar-refractivity contribution in [2.24, 2.45) is 11.8 Å². The van der Waals surface area contributed by atoms with Crippen molar-refractivity contribution in [3.8, 4) is 0 Å². The molecule has 1 amide bonds. The molecule has 16 heavy (non-hydrogen) atoms. The predicted octanol–water partition coefficient (Wildman–Crippen LogP) is 2.34. The van der Waals surface area contributed by atoms with E-state index in [-0.39, 0.29) is 12.0 Å². The summed E-state index contributed by atoms with van der Waals surface area (Å²) in [5.41, 5.74) is 0. The van der Waals surface area contributed by atoms with Gasteiger partial charge in [0.05, 0.1) is 6.10 Å². The van der Waals surface area contributed by atoms with Crippen LogP contribution in [0.5, 0.6) is 0 Å². The van der Waals surface area contributed by atoms with Crippen molar-refractivity contribution in [2.45, 2.75) is 59.5 Å². The summed E-state index contributed by atoms with van der Waals surface area (Å²) in [7, 11) is 0. The Kier molecular flexibility index (Phi) is 8.26. The number of carbonyl (C=O) groups excluding carboxylic acids is 1. The van der Waals surface area contributed by atoms with Gasteiger partial charge in [-0.25, -0.2) is 0 Å². The molecule has 0 saturated heterocycles. The van der Waals surface area contributed by atoms with E-state index in [4.69, 9.17) is 0 Å². The highest BCUT2D eigenvalue weighted by Crippen LogP contribution is 2.10. The van der Waals surface area contributed by atoms with E-state index in [1.165, 1.54) is 0 Å². The molecule has 0 aromatic carbocycles. The molecular weight excluding hydrogens is 202 g/mol. The Bertz CT molecular complexity index is 192. The number of aliphatic hydroxyl groups is 1. The number of nitrogens with one attached hydrogen (secondary N) is 1. The van der Waals surface area contributed by atoms with Gasteiger partial charge >= 0.3 is 0 Å². The lowest BCUT2D eigenvalue weighted by atomic mass is 10.0. The Labute approximate surface area is 99.6 Å². The number of amides is 1. The van der Waals surface area contributed by atoms with Crippen LogP contribution in [0.4, 0.5) is 0 Å². The van der Waals surface area contributed by atoms with E-state index < -0.39 is 0 Å². The Morgan fingerprint density at radius 3 is 2.38 bits per heavy atom. The molecule has 3 atom stereocenters. The number of aliphatic hydroxyl groups excluding tert-OH is 1. The van der Waals surface area contributed by atoms with Crippen molar-refractivity contribution in [1.29, 1.82) is 0 Å². The molecule has 0 spiro atoms. The number of hydrogen-bond donors (Lipinski definition) is 2. The quantitative estimate of drug-likeness (QED) is 0.671. The fourth-order valence-electron chi connectivity index (χ4n) is 1.94. The van der Waals surface area contributed by atoms with Gasteiger partial charge in [-0.3, -0.25) is 4.79 Å². The topological polar surface area (TPSA) is 49.3 Å². The highest BCUT2D eigenvalue weighted by Gasteiger charge is 2.10. The normalized spacial score (nSPS) is 16.6. The molecule has 0 aromatic rings. The molecule has 0 bridgehead atoms. The zero-order chi connectivity index (χ0) is 12.6. The second-order valence-corrected chi connectivity index (χ2v) is 5.09. The molecule has 2 N–H and O–H groups in total. The van der Waals surface area contributed by atoms with Gasteiger partial charge in [0, 0.05) is 13.0 Å². The summed E-state index contributed by atoms with van der Waals surface area (Å²) in [6, 6.07) is 0. The summed E-state index contributed by atoms with van der Waals surface area (Å²) in [5, 5.41) is 12.1. The third-order valence-electron chi connectivity index (χ3n) is 2.71. The average molecular weight is 229 g/mol. The van der Waals surface area contributed by atoms with E-state index in [9.17, 15) is 9.90 Å². The third-order valence-corrected chi connectivity index (χ3v) is 2.71. The van der Waals surface area contributed by atoms with Crippen molar-refractivity contribution in [3.63, 3.8) is 0 Å². The monoisotopic (exact) mass is 229 g/mol. The first kappa shape index (κ1) is 15.4. The molecule has 0 aliphatic heterocycles. The molecule has 0 rings (SSSR count). The van der Waals surface area contributed by atoms with Gasteiger partial charge in [0.1, 0.15) is 0 Å². The standard InChI is InChI=1S/C13H27NO2/c1-5-6-10(2)8-13(16)14-9-11(3)7-12(4)15/h10-12,15H,5-9H2,1-4H3,(H,14,16). The number of carbonyl (C=O) groups is 1. The van der Waals surface area contributed by atoms with Gasteiger partial charge in [-0.15, -0.1) is 0 Å². The summed E-state index contributed by atoms with van der Waals surface area (Å²) in [5.74, 6) is 0.945. The first-order chi connectivity index (χ1) is 7.45. The molecule has 0 fully saturated rings. The van der Waals surface area contributed by atoms with E-state index in [0.29, 0.717) is 24.8 Å². The van der Waals surface area contributed by atoms with Crippen LogP contribution in [0.25, 0.3) is 0 Å². The minimum absolute atomic E-state index is 0.137. The smallest absolute Gasteiger partial charge is 0.220 e. The van der Waals surface area contributed by atoms with Gasteiger partial charge in [0.25, 0.3) is 0 Å². The summed E-state index contributed by atoms with van der Waals surface area (Å²) in [6.45, 7) is 8.74. The van der Waals surface area contributed by atoms with E-state index in [2.05, 4.69) is 19.2 Å². The minimum atomic E-state index is -0.286. The highest BCUT2D eigenvalue weighted by atomic mass is 16.3. The Hall–Kier alpha value is -0.570. The Morgan fingerprint density at radius 1 is 1.25 bits per heavy atom. The van der Waals surface area contributed by atoms with Gasteiger partial charge < -0.3 is 10.4 Å². The lowest BCUT2D eigenvalue weighted by Gasteiger charge is -2.15. The summed E-state index contributed by atoms with van der Waals surface area (Å²) in [4.78, 5) is 11.5. The number of hydrogen-bond acceptors (Lipinski definition) is 2. The Balaban J connectivity index is 3.64. The van der Waals surface area contributed by atoms with Crippen molar-refractivity contribution in [2.75, 3.05) is 6.54 Å². The van der Waals surface area contributed by atoms with Crippen LogP contribution in [0, 0.1) is 11.8 Å². The van der Waals surface area contributed by atoms with Crippen LogP contribution in [0.3, 0.4) is 0 Å². The molecule has 3 heteroatoms. The molecule has 0 aromatic heterocycles. The van der Waals surface area contributed by atoms with Gasteiger partial charge in [0.15, 0.2) is 0 Å². The summed E-state index contributed by atoms with van der Waals surface area (Å²) in [6.07, 6.45) is 3.31. The Morgan fingerprint density at radius 2 is 1.88 bits per heavy atom. The first-order valence-electron chi connectivity index (χ1n) is 6.40. The molecule has 3 nitrogen and oxygen atoms in total. The maximum absolute atomic E-state index is 11.5. The zero-order valence-corrected chi connectivity index (χ0v) is 11.1. The van der Waals surface area contributed by atoms with Crippen LogP contribution in [0.15, 0.2) is 0 Å². The highest BCUT2D eigenvalue weighted by molar-refractivity contribution is 5.76.